The molecule has 26 heavy (non-hydrogen) atoms. The van der Waals surface area contributed by atoms with E-state index in [0.717, 1.165) is 39.9 Å². The molecule has 2 aromatic carbocycles. The van der Waals surface area contributed by atoms with Crippen molar-refractivity contribution in [1.29, 1.82) is 0 Å². The van der Waals surface area contributed by atoms with Gasteiger partial charge >= 0.3 is 5.97 Å². The van der Waals surface area contributed by atoms with Crippen molar-refractivity contribution < 1.29 is 14.6 Å². The zero-order valence-corrected chi connectivity index (χ0v) is 16.7. The fourth-order valence-electron chi connectivity index (χ4n) is 3.77. The average Bonchev–Trinajstić information content (AvgIpc) is 3.07. The van der Waals surface area contributed by atoms with Crippen molar-refractivity contribution >= 4 is 21.9 Å². The molecule has 0 saturated carbocycles. The zero-order chi connectivity index (χ0) is 18.7. The third-order valence-electron chi connectivity index (χ3n) is 4.84. The molecule has 1 aliphatic rings. The highest BCUT2D eigenvalue weighted by molar-refractivity contribution is 9.10. The van der Waals surface area contributed by atoms with Gasteiger partial charge in [-0.2, -0.15) is 0 Å². The molecule has 4 nitrogen and oxygen atoms in total. The molecule has 1 N–H and O–H groups in total. The number of halogens is 1. The molecule has 0 aliphatic carbocycles. The Kier molecular flexibility index (Phi) is 5.99. The van der Waals surface area contributed by atoms with Crippen LogP contribution < -0.4 is 4.74 Å². The van der Waals surface area contributed by atoms with Gasteiger partial charge in [-0.15, -0.1) is 0 Å². The Balaban J connectivity index is 2.15. The lowest BCUT2D eigenvalue weighted by Gasteiger charge is -2.33. The highest BCUT2D eigenvalue weighted by atomic mass is 79.9. The molecular weight excluding hydrogens is 394 g/mol. The predicted octanol–water partition coefficient (Wildman–Crippen LogP) is 4.79. The lowest BCUT2D eigenvalue weighted by atomic mass is 9.94. The number of rotatable bonds is 6. The second kappa shape index (κ2) is 8.23. The number of carboxylic acid groups (broad SMARTS) is 1. The third kappa shape index (κ3) is 3.94. The summed E-state index contributed by atoms with van der Waals surface area (Å²) < 4.78 is 6.84. The van der Waals surface area contributed by atoms with Crippen LogP contribution in [-0.4, -0.2) is 35.2 Å². The molecule has 0 bridgehead atoms. The van der Waals surface area contributed by atoms with Crippen LogP contribution in [0.15, 0.2) is 46.9 Å². The molecule has 3 rings (SSSR count). The Morgan fingerprint density at radius 2 is 2.15 bits per heavy atom. The number of ether oxygens (including phenoxy) is 1. The van der Waals surface area contributed by atoms with Crippen molar-refractivity contribution in [2.45, 2.75) is 38.8 Å². The fourth-order valence-corrected chi connectivity index (χ4v) is 4.15. The van der Waals surface area contributed by atoms with Gasteiger partial charge in [-0.25, -0.2) is 0 Å². The number of nitrogens with zero attached hydrogens (tertiary/aromatic N) is 1. The fraction of sp³-hybridized carbons (Fsp3) is 0.381. The molecule has 1 aliphatic heterocycles. The van der Waals surface area contributed by atoms with E-state index in [2.05, 4.69) is 52.0 Å². The van der Waals surface area contributed by atoms with E-state index in [0.29, 0.717) is 13.0 Å². The topological polar surface area (TPSA) is 49.8 Å². The van der Waals surface area contributed by atoms with Gasteiger partial charge in [-0.1, -0.05) is 45.8 Å². The highest BCUT2D eigenvalue weighted by Crippen LogP contribution is 2.40. The highest BCUT2D eigenvalue weighted by Gasteiger charge is 2.38. The van der Waals surface area contributed by atoms with E-state index in [9.17, 15) is 9.90 Å². The van der Waals surface area contributed by atoms with Gasteiger partial charge in [0.1, 0.15) is 11.8 Å². The third-order valence-corrected chi connectivity index (χ3v) is 5.33. The maximum absolute atomic E-state index is 11.8. The van der Waals surface area contributed by atoms with E-state index in [1.165, 1.54) is 0 Å². The molecule has 0 spiro atoms. The molecule has 0 aromatic heterocycles. The van der Waals surface area contributed by atoms with Gasteiger partial charge in [-0.3, -0.25) is 9.69 Å². The standard InChI is InChI=1S/C21H24BrNO3/c1-3-26-19-10-9-16(22)13-17(19)20(15-7-4-6-14(2)12-15)23-11-5-8-18(23)21(24)25/h4,6-7,9-10,12-13,18,20H,3,5,8,11H2,1-2H3,(H,24,25). The van der Waals surface area contributed by atoms with Crippen LogP contribution in [0.25, 0.3) is 0 Å². The summed E-state index contributed by atoms with van der Waals surface area (Å²) in [7, 11) is 0. The lowest BCUT2D eigenvalue weighted by molar-refractivity contribution is -0.142. The molecule has 138 valence electrons. The van der Waals surface area contributed by atoms with Gasteiger partial charge in [0.2, 0.25) is 0 Å². The Labute approximate surface area is 162 Å². The number of likely N-dealkylation sites (tertiary alicyclic amines) is 1. The number of hydrogen-bond donors (Lipinski definition) is 1. The minimum atomic E-state index is -0.756. The van der Waals surface area contributed by atoms with E-state index in [-0.39, 0.29) is 6.04 Å². The van der Waals surface area contributed by atoms with Crippen LogP contribution in [0.4, 0.5) is 0 Å². The normalized spacial score (nSPS) is 18.7. The predicted molar refractivity (Wildman–Crippen MR) is 106 cm³/mol. The summed E-state index contributed by atoms with van der Waals surface area (Å²) in [6.07, 6.45) is 1.56. The van der Waals surface area contributed by atoms with Gasteiger partial charge < -0.3 is 9.84 Å². The van der Waals surface area contributed by atoms with Crippen LogP contribution >= 0.6 is 15.9 Å². The Bertz CT molecular complexity index is 793. The lowest BCUT2D eigenvalue weighted by Crippen LogP contribution is -2.39. The first-order chi connectivity index (χ1) is 12.5. The maximum Gasteiger partial charge on any atom is 0.320 e. The van der Waals surface area contributed by atoms with Crippen molar-refractivity contribution in [2.24, 2.45) is 0 Å². The minimum Gasteiger partial charge on any atom is -0.494 e. The summed E-state index contributed by atoms with van der Waals surface area (Å²) in [5, 5.41) is 9.73. The Hall–Kier alpha value is -1.85. The molecule has 1 heterocycles. The van der Waals surface area contributed by atoms with Crippen LogP contribution in [0.2, 0.25) is 0 Å². The SMILES string of the molecule is CCOc1ccc(Br)cc1C(c1cccc(C)c1)N1CCCC1C(=O)O. The molecule has 1 fully saturated rings. The number of aryl methyl sites for hydroxylation is 1. The van der Waals surface area contributed by atoms with Crippen molar-refractivity contribution in [3.8, 4) is 5.75 Å². The largest absolute Gasteiger partial charge is 0.494 e. The second-order valence-electron chi connectivity index (χ2n) is 6.67. The maximum atomic E-state index is 11.8. The number of hydrogen-bond acceptors (Lipinski definition) is 3. The second-order valence-corrected chi connectivity index (χ2v) is 7.58. The van der Waals surface area contributed by atoms with E-state index in [4.69, 9.17) is 4.74 Å². The summed E-state index contributed by atoms with van der Waals surface area (Å²) >= 11 is 3.57. The molecule has 5 heteroatoms. The summed E-state index contributed by atoms with van der Waals surface area (Å²) in [5.74, 6) is 0.0476. The number of carbonyl (C=O) groups is 1. The number of aliphatic carboxylic acids is 1. The van der Waals surface area contributed by atoms with Crippen molar-refractivity contribution in [3.05, 3.63) is 63.6 Å². The van der Waals surface area contributed by atoms with Gasteiger partial charge in [0.15, 0.2) is 0 Å². The molecule has 2 atom stereocenters. The van der Waals surface area contributed by atoms with E-state index in [1.54, 1.807) is 0 Å². The molecule has 1 saturated heterocycles. The van der Waals surface area contributed by atoms with Gasteiger partial charge in [0.05, 0.1) is 12.6 Å². The first kappa shape index (κ1) is 18.9. The summed E-state index contributed by atoms with van der Waals surface area (Å²) in [6.45, 7) is 5.35. The van der Waals surface area contributed by atoms with Gasteiger partial charge in [0.25, 0.3) is 0 Å². The van der Waals surface area contributed by atoms with E-state index >= 15 is 0 Å². The summed E-state index contributed by atoms with van der Waals surface area (Å²) in [6, 6.07) is 13.6. The van der Waals surface area contributed by atoms with Gasteiger partial charge in [0, 0.05) is 16.6 Å². The van der Waals surface area contributed by atoms with Crippen LogP contribution in [0.5, 0.6) is 5.75 Å². The summed E-state index contributed by atoms with van der Waals surface area (Å²) in [5.41, 5.74) is 3.25. The molecule has 0 radical (unpaired) electrons. The smallest absolute Gasteiger partial charge is 0.320 e. The zero-order valence-electron chi connectivity index (χ0n) is 15.1. The van der Waals surface area contributed by atoms with Crippen LogP contribution in [0.1, 0.15) is 42.5 Å². The number of carboxylic acids is 1. The van der Waals surface area contributed by atoms with E-state index in [1.807, 2.05) is 25.1 Å². The minimum absolute atomic E-state index is 0.155. The molecule has 2 aromatic rings. The molecular formula is C21H24BrNO3. The van der Waals surface area contributed by atoms with Gasteiger partial charge in [-0.05, 0) is 50.5 Å². The van der Waals surface area contributed by atoms with Crippen molar-refractivity contribution in [1.82, 2.24) is 4.90 Å². The number of benzene rings is 2. The average molecular weight is 418 g/mol. The first-order valence-corrected chi connectivity index (χ1v) is 9.78. The molecule has 0 amide bonds. The van der Waals surface area contributed by atoms with Crippen LogP contribution in [-0.2, 0) is 4.79 Å². The monoisotopic (exact) mass is 417 g/mol. The van der Waals surface area contributed by atoms with Crippen molar-refractivity contribution in [2.75, 3.05) is 13.2 Å². The first-order valence-electron chi connectivity index (χ1n) is 8.98. The van der Waals surface area contributed by atoms with Crippen LogP contribution in [0, 0.1) is 6.92 Å². The quantitative estimate of drug-likeness (QED) is 0.733. The molecule has 2 unspecified atom stereocenters. The summed E-state index contributed by atoms with van der Waals surface area (Å²) in [4.78, 5) is 13.9. The van der Waals surface area contributed by atoms with Crippen LogP contribution in [0.3, 0.4) is 0 Å². The van der Waals surface area contributed by atoms with Crippen molar-refractivity contribution in [3.63, 3.8) is 0 Å². The van der Waals surface area contributed by atoms with E-state index < -0.39 is 12.0 Å². The Morgan fingerprint density at radius 1 is 1.35 bits per heavy atom. The Morgan fingerprint density at radius 3 is 2.85 bits per heavy atom.